The number of thioether (sulfide) groups is 1. The van der Waals surface area contributed by atoms with E-state index in [1.54, 1.807) is 31.1 Å². The SMILES string of the molecule is C[C@@H](Sc1nnc(Nc2cccc(F)c2)s1)C(=O)N(C)C. The smallest absolute Gasteiger partial charge is 0.235 e. The molecule has 1 atom stereocenters. The van der Waals surface area contributed by atoms with Gasteiger partial charge in [-0.2, -0.15) is 0 Å². The maximum Gasteiger partial charge on any atom is 0.235 e. The molecule has 1 aromatic heterocycles. The van der Waals surface area contributed by atoms with Crippen LogP contribution < -0.4 is 5.32 Å². The predicted octanol–water partition coefficient (Wildman–Crippen LogP) is 2.99. The van der Waals surface area contributed by atoms with Crippen LogP contribution in [0.3, 0.4) is 0 Å². The number of benzene rings is 1. The lowest BCUT2D eigenvalue weighted by Gasteiger charge is -2.14. The van der Waals surface area contributed by atoms with Gasteiger partial charge in [-0.15, -0.1) is 10.2 Å². The Hall–Kier alpha value is -1.67. The summed E-state index contributed by atoms with van der Waals surface area (Å²) in [6.07, 6.45) is 0. The van der Waals surface area contributed by atoms with Crippen molar-refractivity contribution in [3.63, 3.8) is 0 Å². The zero-order valence-corrected chi connectivity index (χ0v) is 13.5. The van der Waals surface area contributed by atoms with Crippen molar-refractivity contribution in [1.29, 1.82) is 0 Å². The molecule has 2 rings (SSSR count). The molecule has 1 heterocycles. The summed E-state index contributed by atoms with van der Waals surface area (Å²) in [4.78, 5) is 13.3. The van der Waals surface area contributed by atoms with Crippen molar-refractivity contribution in [3.05, 3.63) is 30.1 Å². The van der Waals surface area contributed by atoms with Crippen LogP contribution in [0.15, 0.2) is 28.6 Å². The number of nitrogens with one attached hydrogen (secondary N) is 1. The largest absolute Gasteiger partial charge is 0.348 e. The highest BCUT2D eigenvalue weighted by Crippen LogP contribution is 2.30. The topological polar surface area (TPSA) is 58.1 Å². The normalized spacial score (nSPS) is 12.0. The molecule has 0 fully saturated rings. The fourth-order valence-electron chi connectivity index (χ4n) is 1.56. The van der Waals surface area contributed by atoms with Gasteiger partial charge in [-0.05, 0) is 25.1 Å². The maximum atomic E-state index is 13.1. The minimum atomic E-state index is -0.315. The number of aromatic nitrogens is 2. The molecule has 5 nitrogen and oxygen atoms in total. The van der Waals surface area contributed by atoms with Crippen LogP contribution in [0.1, 0.15) is 6.92 Å². The highest BCUT2D eigenvalue weighted by atomic mass is 32.2. The number of anilines is 2. The minimum absolute atomic E-state index is 0.0230. The average molecular weight is 326 g/mol. The van der Waals surface area contributed by atoms with E-state index in [0.29, 0.717) is 15.2 Å². The number of hydrogen-bond acceptors (Lipinski definition) is 6. The molecule has 0 saturated heterocycles. The predicted molar refractivity (Wildman–Crippen MR) is 83.6 cm³/mol. The molecule has 0 radical (unpaired) electrons. The lowest BCUT2D eigenvalue weighted by Crippen LogP contribution is -2.29. The summed E-state index contributed by atoms with van der Waals surface area (Å²) in [5.41, 5.74) is 0.611. The molecule has 2 aromatic rings. The van der Waals surface area contributed by atoms with Crippen LogP contribution in [0.4, 0.5) is 15.2 Å². The Balaban J connectivity index is 2.00. The van der Waals surface area contributed by atoms with Gasteiger partial charge in [0.25, 0.3) is 0 Å². The highest BCUT2D eigenvalue weighted by molar-refractivity contribution is 8.02. The second-order valence-corrected chi connectivity index (χ2v) is 7.07. The first-order valence-corrected chi connectivity index (χ1v) is 7.89. The van der Waals surface area contributed by atoms with Crippen molar-refractivity contribution in [2.45, 2.75) is 16.5 Å². The van der Waals surface area contributed by atoms with Gasteiger partial charge in [0.15, 0.2) is 4.34 Å². The summed E-state index contributed by atoms with van der Waals surface area (Å²) >= 11 is 2.68. The molecular formula is C13H15FN4OS2. The van der Waals surface area contributed by atoms with Crippen molar-refractivity contribution in [1.82, 2.24) is 15.1 Å². The van der Waals surface area contributed by atoms with Crippen molar-refractivity contribution in [2.24, 2.45) is 0 Å². The first-order chi connectivity index (χ1) is 9.95. The second kappa shape index (κ2) is 6.86. The van der Waals surface area contributed by atoms with Crippen LogP contribution >= 0.6 is 23.1 Å². The molecule has 1 amide bonds. The molecule has 0 aliphatic rings. The van der Waals surface area contributed by atoms with E-state index in [9.17, 15) is 9.18 Å². The maximum absolute atomic E-state index is 13.1. The fourth-order valence-corrected chi connectivity index (χ4v) is 3.62. The Morgan fingerprint density at radius 2 is 2.19 bits per heavy atom. The van der Waals surface area contributed by atoms with Gasteiger partial charge in [-0.25, -0.2) is 4.39 Å². The molecule has 0 bridgehead atoms. The van der Waals surface area contributed by atoms with Crippen molar-refractivity contribution >= 4 is 39.8 Å². The molecule has 0 spiro atoms. The van der Waals surface area contributed by atoms with Crippen molar-refractivity contribution in [2.75, 3.05) is 19.4 Å². The molecular weight excluding hydrogens is 311 g/mol. The third-order valence-corrected chi connectivity index (χ3v) is 4.56. The summed E-state index contributed by atoms with van der Waals surface area (Å²) in [5, 5.41) is 11.3. The van der Waals surface area contributed by atoms with Crippen LogP contribution in [0.25, 0.3) is 0 Å². The summed E-state index contributed by atoms with van der Waals surface area (Å²) in [6, 6.07) is 6.12. The van der Waals surface area contributed by atoms with E-state index in [2.05, 4.69) is 15.5 Å². The van der Waals surface area contributed by atoms with Gasteiger partial charge < -0.3 is 10.2 Å². The fraction of sp³-hybridized carbons (Fsp3) is 0.308. The zero-order valence-electron chi connectivity index (χ0n) is 11.8. The second-order valence-electron chi connectivity index (χ2n) is 4.50. The number of carbonyl (C=O) groups is 1. The number of carbonyl (C=O) groups excluding carboxylic acids is 1. The third kappa shape index (κ3) is 4.40. The van der Waals surface area contributed by atoms with E-state index in [-0.39, 0.29) is 17.0 Å². The van der Waals surface area contributed by atoms with Crippen LogP contribution in [0, 0.1) is 5.82 Å². The molecule has 0 saturated carbocycles. The van der Waals surface area contributed by atoms with Crippen LogP contribution in [0.2, 0.25) is 0 Å². The molecule has 8 heteroatoms. The number of amides is 1. The molecule has 0 aliphatic carbocycles. The van der Waals surface area contributed by atoms with E-state index in [1.165, 1.54) is 35.2 Å². The lowest BCUT2D eigenvalue weighted by atomic mass is 10.3. The molecule has 1 N–H and O–H groups in total. The van der Waals surface area contributed by atoms with Gasteiger partial charge >= 0.3 is 0 Å². The van der Waals surface area contributed by atoms with Crippen molar-refractivity contribution in [3.8, 4) is 0 Å². The average Bonchev–Trinajstić information content (AvgIpc) is 2.84. The van der Waals surface area contributed by atoms with Gasteiger partial charge in [0.05, 0.1) is 5.25 Å². The molecule has 21 heavy (non-hydrogen) atoms. The Bertz CT molecular complexity index is 632. The standard InChI is InChI=1S/C13H15FN4OS2/c1-8(11(19)18(2)3)20-13-17-16-12(21-13)15-10-6-4-5-9(14)7-10/h4-8H,1-3H3,(H,15,16)/t8-/m1/s1. The van der Waals surface area contributed by atoms with E-state index in [1.807, 2.05) is 6.92 Å². The summed E-state index contributed by atoms with van der Waals surface area (Å²) in [7, 11) is 3.44. The Kier molecular flexibility index (Phi) is 5.13. The molecule has 0 aliphatic heterocycles. The Labute approximate surface area is 130 Å². The summed E-state index contributed by atoms with van der Waals surface area (Å²) in [6.45, 7) is 1.83. The van der Waals surface area contributed by atoms with E-state index in [4.69, 9.17) is 0 Å². The molecule has 0 unspecified atom stereocenters. The van der Waals surface area contributed by atoms with Gasteiger partial charge in [0.2, 0.25) is 11.0 Å². The number of hydrogen-bond donors (Lipinski definition) is 1. The third-order valence-electron chi connectivity index (χ3n) is 2.55. The van der Waals surface area contributed by atoms with Crippen LogP contribution in [0.5, 0.6) is 0 Å². The van der Waals surface area contributed by atoms with Gasteiger partial charge in [-0.1, -0.05) is 29.2 Å². The monoisotopic (exact) mass is 326 g/mol. The minimum Gasteiger partial charge on any atom is -0.348 e. The van der Waals surface area contributed by atoms with E-state index in [0.717, 1.165) is 0 Å². The van der Waals surface area contributed by atoms with Crippen LogP contribution in [-0.4, -0.2) is 40.3 Å². The Morgan fingerprint density at radius 3 is 2.86 bits per heavy atom. The first kappa shape index (κ1) is 15.7. The number of nitrogens with zero attached hydrogens (tertiary/aromatic N) is 3. The number of rotatable bonds is 5. The summed E-state index contributed by atoms with van der Waals surface area (Å²) < 4.78 is 13.8. The Morgan fingerprint density at radius 1 is 1.43 bits per heavy atom. The molecule has 112 valence electrons. The van der Waals surface area contributed by atoms with E-state index >= 15 is 0 Å². The summed E-state index contributed by atoms with van der Waals surface area (Å²) in [5.74, 6) is -0.292. The highest BCUT2D eigenvalue weighted by Gasteiger charge is 2.18. The van der Waals surface area contributed by atoms with Crippen LogP contribution in [-0.2, 0) is 4.79 Å². The first-order valence-electron chi connectivity index (χ1n) is 6.19. The van der Waals surface area contributed by atoms with Crippen molar-refractivity contribution < 1.29 is 9.18 Å². The van der Waals surface area contributed by atoms with Gasteiger partial charge in [-0.3, -0.25) is 4.79 Å². The van der Waals surface area contributed by atoms with Gasteiger partial charge in [0, 0.05) is 19.8 Å². The molecule has 1 aromatic carbocycles. The van der Waals surface area contributed by atoms with E-state index < -0.39 is 0 Å². The quantitative estimate of drug-likeness (QED) is 0.856. The lowest BCUT2D eigenvalue weighted by molar-refractivity contribution is -0.127. The van der Waals surface area contributed by atoms with Gasteiger partial charge in [0.1, 0.15) is 5.82 Å². The number of halogens is 1. The zero-order chi connectivity index (χ0) is 15.4.